The van der Waals surface area contributed by atoms with Gasteiger partial charge >= 0.3 is 0 Å². The quantitative estimate of drug-likeness (QED) is 0.843. The van der Waals surface area contributed by atoms with Crippen molar-refractivity contribution in [3.63, 3.8) is 0 Å². The van der Waals surface area contributed by atoms with Gasteiger partial charge in [0, 0.05) is 24.8 Å². The molecule has 0 bridgehead atoms. The van der Waals surface area contributed by atoms with Crippen LogP contribution in [-0.4, -0.2) is 35.2 Å². The number of rotatable bonds is 4. The fraction of sp³-hybridized carbons (Fsp3) is 0.350. The van der Waals surface area contributed by atoms with Gasteiger partial charge in [-0.3, -0.25) is 14.4 Å². The third-order valence-corrected chi connectivity index (χ3v) is 5.56. The minimum atomic E-state index is -0.489. The lowest BCUT2D eigenvalue weighted by Crippen LogP contribution is -2.49. The minimum Gasteiger partial charge on any atom is -0.326 e. The van der Waals surface area contributed by atoms with Gasteiger partial charge in [0.15, 0.2) is 0 Å². The zero-order chi connectivity index (χ0) is 19.4. The molecule has 1 saturated heterocycles. The van der Waals surface area contributed by atoms with Crippen LogP contribution in [0.25, 0.3) is 0 Å². The van der Waals surface area contributed by atoms with E-state index in [0.29, 0.717) is 29.2 Å². The number of nitrogens with zero attached hydrogens (tertiary/aromatic N) is 1. The summed E-state index contributed by atoms with van der Waals surface area (Å²) >= 11 is 1.39. The summed E-state index contributed by atoms with van der Waals surface area (Å²) in [6, 6.07) is 8.51. The summed E-state index contributed by atoms with van der Waals surface area (Å²) in [5.74, 6) is -0.446. The number of amides is 3. The third-order valence-electron chi connectivity index (χ3n) is 4.70. The number of piperidine rings is 1. The van der Waals surface area contributed by atoms with E-state index in [2.05, 4.69) is 10.6 Å². The van der Waals surface area contributed by atoms with Crippen molar-refractivity contribution in [3.05, 3.63) is 46.2 Å². The van der Waals surface area contributed by atoms with Gasteiger partial charge in [-0.2, -0.15) is 0 Å². The molecule has 0 radical (unpaired) electrons. The Morgan fingerprint density at radius 2 is 1.81 bits per heavy atom. The van der Waals surface area contributed by atoms with Crippen LogP contribution in [0, 0.1) is 6.92 Å². The lowest BCUT2D eigenvalue weighted by molar-refractivity contribution is -0.121. The van der Waals surface area contributed by atoms with Gasteiger partial charge < -0.3 is 15.5 Å². The maximum Gasteiger partial charge on any atom is 0.264 e. The number of hydrogen-bond acceptors (Lipinski definition) is 4. The molecule has 3 rings (SSSR count). The molecule has 27 heavy (non-hydrogen) atoms. The Bertz CT molecular complexity index is 848. The highest BCUT2D eigenvalue weighted by atomic mass is 32.1. The van der Waals surface area contributed by atoms with Crippen molar-refractivity contribution in [1.29, 1.82) is 0 Å². The monoisotopic (exact) mass is 385 g/mol. The van der Waals surface area contributed by atoms with Gasteiger partial charge in [0.1, 0.15) is 6.04 Å². The fourth-order valence-corrected chi connectivity index (χ4v) is 3.98. The molecular weight excluding hydrogens is 362 g/mol. The molecule has 6 nitrogen and oxygen atoms in total. The van der Waals surface area contributed by atoms with Crippen molar-refractivity contribution in [3.8, 4) is 0 Å². The van der Waals surface area contributed by atoms with E-state index in [1.54, 1.807) is 29.2 Å². The van der Waals surface area contributed by atoms with Crippen LogP contribution in [0.2, 0.25) is 0 Å². The maximum absolute atomic E-state index is 12.9. The van der Waals surface area contributed by atoms with Crippen LogP contribution < -0.4 is 10.6 Å². The summed E-state index contributed by atoms with van der Waals surface area (Å²) in [6.07, 6.45) is 2.46. The van der Waals surface area contributed by atoms with Gasteiger partial charge in [-0.25, -0.2) is 0 Å². The first kappa shape index (κ1) is 19.1. The van der Waals surface area contributed by atoms with Gasteiger partial charge in [0.2, 0.25) is 11.8 Å². The van der Waals surface area contributed by atoms with Crippen LogP contribution in [0.5, 0.6) is 0 Å². The Labute approximate surface area is 162 Å². The first-order chi connectivity index (χ1) is 13.0. The summed E-state index contributed by atoms with van der Waals surface area (Å²) in [5.41, 5.74) is 2.09. The van der Waals surface area contributed by atoms with Gasteiger partial charge in [-0.15, -0.1) is 11.3 Å². The summed E-state index contributed by atoms with van der Waals surface area (Å²) in [5, 5.41) is 7.57. The van der Waals surface area contributed by atoms with Crippen molar-refractivity contribution in [2.24, 2.45) is 0 Å². The molecule has 2 aromatic rings. The molecule has 1 atom stereocenters. The van der Waals surface area contributed by atoms with Crippen molar-refractivity contribution in [2.75, 3.05) is 17.2 Å². The van der Waals surface area contributed by atoms with Crippen molar-refractivity contribution in [1.82, 2.24) is 4.90 Å². The summed E-state index contributed by atoms with van der Waals surface area (Å²) in [4.78, 5) is 39.4. The second-order valence-electron chi connectivity index (χ2n) is 6.64. The maximum atomic E-state index is 12.9. The highest BCUT2D eigenvalue weighted by Gasteiger charge is 2.33. The van der Waals surface area contributed by atoms with E-state index in [9.17, 15) is 14.4 Å². The van der Waals surface area contributed by atoms with E-state index in [-0.39, 0.29) is 17.7 Å². The summed E-state index contributed by atoms with van der Waals surface area (Å²) in [6.45, 7) is 3.87. The summed E-state index contributed by atoms with van der Waals surface area (Å²) in [7, 11) is 0. The van der Waals surface area contributed by atoms with E-state index in [0.717, 1.165) is 18.4 Å². The number of carbonyl (C=O) groups is 3. The van der Waals surface area contributed by atoms with E-state index in [1.807, 2.05) is 18.4 Å². The molecule has 2 heterocycles. The third kappa shape index (κ3) is 4.36. The first-order valence-electron chi connectivity index (χ1n) is 9.00. The Morgan fingerprint density at radius 3 is 2.48 bits per heavy atom. The van der Waals surface area contributed by atoms with Crippen LogP contribution in [0.4, 0.5) is 11.4 Å². The van der Waals surface area contributed by atoms with Crippen LogP contribution >= 0.6 is 11.3 Å². The van der Waals surface area contributed by atoms with E-state index >= 15 is 0 Å². The number of likely N-dealkylation sites (tertiary alicyclic amines) is 1. The lowest BCUT2D eigenvalue weighted by atomic mass is 10.0. The molecule has 1 fully saturated rings. The lowest BCUT2D eigenvalue weighted by Gasteiger charge is -2.34. The first-order valence-corrected chi connectivity index (χ1v) is 9.88. The standard InChI is InChI=1S/C20H23N3O3S/c1-13-15(21-14(2)24)7-5-8-16(13)22-19(25)17-9-3-4-11-23(17)20(26)18-10-6-12-27-18/h5-8,10,12,17H,3-4,9,11H2,1-2H3,(H,21,24)(H,22,25). The van der Waals surface area contributed by atoms with Crippen LogP contribution in [-0.2, 0) is 9.59 Å². The highest BCUT2D eigenvalue weighted by molar-refractivity contribution is 7.12. The van der Waals surface area contributed by atoms with Crippen molar-refractivity contribution < 1.29 is 14.4 Å². The van der Waals surface area contributed by atoms with Crippen LogP contribution in [0.15, 0.2) is 35.7 Å². The van der Waals surface area contributed by atoms with Crippen LogP contribution in [0.3, 0.4) is 0 Å². The molecule has 0 aliphatic carbocycles. The molecule has 0 saturated carbocycles. The number of anilines is 2. The fourth-order valence-electron chi connectivity index (χ4n) is 3.30. The minimum absolute atomic E-state index is 0.0893. The second-order valence-corrected chi connectivity index (χ2v) is 7.58. The molecule has 1 aliphatic heterocycles. The largest absolute Gasteiger partial charge is 0.326 e. The Morgan fingerprint density at radius 1 is 1.07 bits per heavy atom. The molecule has 3 amide bonds. The van der Waals surface area contributed by atoms with Gasteiger partial charge in [-0.1, -0.05) is 12.1 Å². The zero-order valence-electron chi connectivity index (χ0n) is 15.5. The molecule has 1 aromatic carbocycles. The normalized spacial score (nSPS) is 16.7. The Balaban J connectivity index is 1.78. The molecule has 1 unspecified atom stereocenters. The van der Waals surface area contributed by atoms with Gasteiger partial charge in [0.25, 0.3) is 5.91 Å². The Kier molecular flexibility index (Phi) is 5.91. The highest BCUT2D eigenvalue weighted by Crippen LogP contribution is 2.26. The number of thiophene rings is 1. The Hall–Kier alpha value is -2.67. The average molecular weight is 385 g/mol. The topological polar surface area (TPSA) is 78.5 Å². The molecule has 2 N–H and O–H groups in total. The number of nitrogens with one attached hydrogen (secondary N) is 2. The number of benzene rings is 1. The van der Waals surface area contributed by atoms with Crippen molar-refractivity contribution >= 4 is 40.4 Å². The van der Waals surface area contributed by atoms with Gasteiger partial charge in [0.05, 0.1) is 4.88 Å². The SMILES string of the molecule is CC(=O)Nc1cccc(NC(=O)C2CCCCN2C(=O)c2cccs2)c1C. The van der Waals surface area contributed by atoms with Gasteiger partial charge in [-0.05, 0) is 55.3 Å². The van der Waals surface area contributed by atoms with Crippen LogP contribution in [0.1, 0.15) is 41.4 Å². The molecule has 1 aromatic heterocycles. The molecule has 7 heteroatoms. The predicted octanol–water partition coefficient (Wildman–Crippen LogP) is 3.65. The molecule has 142 valence electrons. The smallest absolute Gasteiger partial charge is 0.264 e. The second kappa shape index (κ2) is 8.35. The molecular formula is C20H23N3O3S. The summed E-state index contributed by atoms with van der Waals surface area (Å²) < 4.78 is 0. The molecule has 1 aliphatic rings. The number of hydrogen-bond donors (Lipinski definition) is 2. The zero-order valence-corrected chi connectivity index (χ0v) is 16.3. The van der Waals surface area contributed by atoms with E-state index in [4.69, 9.17) is 0 Å². The van der Waals surface area contributed by atoms with E-state index in [1.165, 1.54) is 18.3 Å². The molecule has 0 spiro atoms. The average Bonchev–Trinajstić information content (AvgIpc) is 3.19. The predicted molar refractivity (Wildman–Crippen MR) is 107 cm³/mol. The van der Waals surface area contributed by atoms with E-state index < -0.39 is 6.04 Å². The van der Waals surface area contributed by atoms with Crippen molar-refractivity contribution in [2.45, 2.75) is 39.2 Å². The number of carbonyl (C=O) groups excluding carboxylic acids is 3.